The van der Waals surface area contributed by atoms with Crippen LogP contribution < -0.4 is 0 Å². The minimum absolute atomic E-state index is 0.400. The van der Waals surface area contributed by atoms with Crippen molar-refractivity contribution >= 4 is 5.84 Å². The van der Waals surface area contributed by atoms with E-state index in [9.17, 15) is 0 Å². The van der Waals surface area contributed by atoms with E-state index in [2.05, 4.69) is 43.0 Å². The normalized spacial score (nSPS) is 14.9. The zero-order chi connectivity index (χ0) is 11.5. The molecule has 1 aromatic carbocycles. The molecule has 2 nitrogen and oxygen atoms in total. The molecule has 0 bridgehead atoms. The van der Waals surface area contributed by atoms with Crippen molar-refractivity contribution in [3.8, 4) is 0 Å². The van der Waals surface area contributed by atoms with Crippen molar-refractivity contribution in [3.63, 3.8) is 0 Å². The van der Waals surface area contributed by atoms with Crippen LogP contribution in [0.2, 0.25) is 0 Å². The van der Waals surface area contributed by atoms with Crippen LogP contribution in [-0.4, -0.2) is 23.8 Å². The highest BCUT2D eigenvalue weighted by atomic mass is 15.2. The average Bonchev–Trinajstić information content (AvgIpc) is 2.74. The fourth-order valence-electron chi connectivity index (χ4n) is 2.57. The molecule has 0 atom stereocenters. The number of hydrogen-bond donors (Lipinski definition) is 1. The third kappa shape index (κ3) is 1.97. The van der Waals surface area contributed by atoms with Crippen LogP contribution in [0, 0.1) is 11.3 Å². The zero-order valence-electron chi connectivity index (χ0n) is 10.2. The van der Waals surface area contributed by atoms with Gasteiger partial charge in [0.2, 0.25) is 0 Å². The van der Waals surface area contributed by atoms with Gasteiger partial charge in [0.15, 0.2) is 0 Å². The van der Waals surface area contributed by atoms with Crippen LogP contribution in [-0.2, 0) is 12.8 Å². The number of nitrogens with zero attached hydrogens (tertiary/aromatic N) is 1. The van der Waals surface area contributed by atoms with Crippen molar-refractivity contribution in [2.75, 3.05) is 13.1 Å². The molecule has 1 aliphatic rings. The second-order valence-corrected chi connectivity index (χ2v) is 4.43. The first-order valence-electron chi connectivity index (χ1n) is 6.16. The monoisotopic (exact) mass is 216 g/mol. The lowest BCUT2D eigenvalue weighted by Gasteiger charge is -2.25. The van der Waals surface area contributed by atoms with Crippen LogP contribution in [0.4, 0.5) is 0 Å². The number of amidine groups is 1. The molecule has 2 rings (SSSR count). The van der Waals surface area contributed by atoms with Crippen molar-refractivity contribution in [2.24, 2.45) is 5.92 Å². The molecule has 2 heteroatoms. The van der Waals surface area contributed by atoms with E-state index >= 15 is 0 Å². The summed E-state index contributed by atoms with van der Waals surface area (Å²) in [6, 6.07) is 8.60. The molecule has 0 fully saturated rings. The molecule has 1 aromatic rings. The number of benzene rings is 1. The Balaban J connectivity index is 2.08. The van der Waals surface area contributed by atoms with Crippen molar-refractivity contribution in [2.45, 2.75) is 26.7 Å². The molecule has 0 unspecified atom stereocenters. The molecule has 0 radical (unpaired) electrons. The summed E-state index contributed by atoms with van der Waals surface area (Å²) < 4.78 is 0. The fraction of sp³-hybridized carbons (Fsp3) is 0.500. The van der Waals surface area contributed by atoms with Gasteiger partial charge in [0.25, 0.3) is 0 Å². The Morgan fingerprint density at radius 1 is 1.19 bits per heavy atom. The first-order valence-corrected chi connectivity index (χ1v) is 6.16. The Labute approximate surface area is 97.8 Å². The van der Waals surface area contributed by atoms with E-state index in [1.807, 2.05) is 0 Å². The van der Waals surface area contributed by atoms with Gasteiger partial charge in [-0.05, 0) is 37.8 Å². The van der Waals surface area contributed by atoms with Crippen LogP contribution >= 0.6 is 0 Å². The molecular weight excluding hydrogens is 196 g/mol. The summed E-state index contributed by atoms with van der Waals surface area (Å²) >= 11 is 0. The molecule has 0 aromatic heterocycles. The Kier molecular flexibility index (Phi) is 3.28. The van der Waals surface area contributed by atoms with Gasteiger partial charge in [0.05, 0.1) is 5.84 Å². The van der Waals surface area contributed by atoms with Crippen molar-refractivity contribution in [3.05, 3.63) is 35.4 Å². The first kappa shape index (κ1) is 11.2. The van der Waals surface area contributed by atoms with Gasteiger partial charge in [-0.2, -0.15) is 0 Å². The lowest BCUT2D eigenvalue weighted by molar-refractivity contribution is 0.429. The van der Waals surface area contributed by atoms with Crippen LogP contribution in [0.25, 0.3) is 0 Å². The van der Waals surface area contributed by atoms with E-state index < -0.39 is 0 Å². The zero-order valence-corrected chi connectivity index (χ0v) is 10.2. The molecule has 16 heavy (non-hydrogen) atoms. The van der Waals surface area contributed by atoms with Crippen LogP contribution in [0.3, 0.4) is 0 Å². The maximum Gasteiger partial charge on any atom is 0.0996 e. The van der Waals surface area contributed by atoms with Crippen LogP contribution in [0.5, 0.6) is 0 Å². The molecule has 0 spiro atoms. The highest BCUT2D eigenvalue weighted by Gasteiger charge is 2.26. The summed E-state index contributed by atoms with van der Waals surface area (Å²) in [5, 5.41) is 8.24. The summed E-state index contributed by atoms with van der Waals surface area (Å²) in [4.78, 5) is 2.16. The number of rotatable bonds is 3. The summed E-state index contributed by atoms with van der Waals surface area (Å²) in [6.45, 7) is 6.14. The Bertz CT molecular complexity index is 355. The third-order valence-corrected chi connectivity index (χ3v) is 3.54. The quantitative estimate of drug-likeness (QED) is 0.610. The standard InChI is InChI=1S/C14H20N2/c1-3-16(4-2)14(15)13-9-11-7-5-6-8-12(11)10-13/h5-8,13,15H,3-4,9-10H2,1-2H3. The van der Waals surface area contributed by atoms with Gasteiger partial charge in [-0.1, -0.05) is 24.3 Å². The minimum Gasteiger partial charge on any atom is -0.361 e. The van der Waals surface area contributed by atoms with Gasteiger partial charge in [-0.15, -0.1) is 0 Å². The van der Waals surface area contributed by atoms with Gasteiger partial charge in [-0.25, -0.2) is 0 Å². The van der Waals surface area contributed by atoms with Gasteiger partial charge < -0.3 is 4.90 Å². The molecule has 0 heterocycles. The lowest BCUT2D eigenvalue weighted by Crippen LogP contribution is -2.35. The van der Waals surface area contributed by atoms with E-state index in [4.69, 9.17) is 5.41 Å². The van der Waals surface area contributed by atoms with Gasteiger partial charge >= 0.3 is 0 Å². The molecule has 0 aliphatic heterocycles. The Morgan fingerprint density at radius 2 is 1.69 bits per heavy atom. The molecule has 1 N–H and O–H groups in total. The van der Waals surface area contributed by atoms with Crippen molar-refractivity contribution in [1.82, 2.24) is 4.90 Å². The van der Waals surface area contributed by atoms with E-state index in [1.165, 1.54) is 11.1 Å². The second-order valence-electron chi connectivity index (χ2n) is 4.43. The second kappa shape index (κ2) is 4.69. The van der Waals surface area contributed by atoms with Gasteiger partial charge in [0, 0.05) is 19.0 Å². The summed E-state index contributed by atoms with van der Waals surface area (Å²) in [5.74, 6) is 1.22. The number of nitrogens with one attached hydrogen (secondary N) is 1. The molecule has 0 saturated carbocycles. The summed E-state index contributed by atoms with van der Waals surface area (Å²) in [7, 11) is 0. The van der Waals surface area contributed by atoms with E-state index in [0.29, 0.717) is 5.92 Å². The number of fused-ring (bicyclic) bond motifs is 1. The predicted octanol–water partition coefficient (Wildman–Crippen LogP) is 2.72. The largest absolute Gasteiger partial charge is 0.361 e. The Hall–Kier alpha value is -1.31. The van der Waals surface area contributed by atoms with E-state index in [1.54, 1.807) is 0 Å². The maximum absolute atomic E-state index is 8.24. The molecule has 86 valence electrons. The van der Waals surface area contributed by atoms with Gasteiger partial charge in [-0.3, -0.25) is 5.41 Å². The summed E-state index contributed by atoms with van der Waals surface area (Å²) in [5.41, 5.74) is 2.87. The first-order chi connectivity index (χ1) is 7.76. The highest BCUT2D eigenvalue weighted by Crippen LogP contribution is 2.27. The lowest BCUT2D eigenvalue weighted by atomic mass is 10.0. The molecule has 1 aliphatic carbocycles. The fourth-order valence-corrected chi connectivity index (χ4v) is 2.57. The van der Waals surface area contributed by atoms with E-state index in [-0.39, 0.29) is 0 Å². The third-order valence-electron chi connectivity index (χ3n) is 3.54. The van der Waals surface area contributed by atoms with Crippen LogP contribution in [0.1, 0.15) is 25.0 Å². The molecule has 0 saturated heterocycles. The SMILES string of the molecule is CCN(CC)C(=N)C1Cc2ccccc2C1. The molecular formula is C14H20N2. The van der Waals surface area contributed by atoms with Crippen molar-refractivity contribution < 1.29 is 0 Å². The van der Waals surface area contributed by atoms with Gasteiger partial charge in [0.1, 0.15) is 0 Å². The number of hydrogen-bond acceptors (Lipinski definition) is 1. The Morgan fingerprint density at radius 3 is 2.12 bits per heavy atom. The van der Waals surface area contributed by atoms with E-state index in [0.717, 1.165) is 31.8 Å². The van der Waals surface area contributed by atoms with Crippen molar-refractivity contribution in [1.29, 1.82) is 5.41 Å². The predicted molar refractivity (Wildman–Crippen MR) is 68.0 cm³/mol. The van der Waals surface area contributed by atoms with Crippen LogP contribution in [0.15, 0.2) is 24.3 Å². The highest BCUT2D eigenvalue weighted by molar-refractivity contribution is 5.83. The average molecular weight is 216 g/mol. The minimum atomic E-state index is 0.400. The smallest absolute Gasteiger partial charge is 0.0996 e. The summed E-state index contributed by atoms with van der Waals surface area (Å²) in [6.07, 6.45) is 2.09. The molecule has 0 amide bonds. The topological polar surface area (TPSA) is 27.1 Å². The maximum atomic E-state index is 8.24.